The SMILES string of the molecule is Cn1ccc(C(=O)c2cc(Cl)ccc2N)n1.Cn1ccc(C(=O)c2cc(Cl)ccc2NS(=O)(=O)c2ccc(N)c(C(F)(F)F)c2)n1. The summed E-state index contributed by atoms with van der Waals surface area (Å²) in [5.74, 6) is -0.843. The molecule has 0 radical (unpaired) electrons. The third-order valence-corrected chi connectivity index (χ3v) is 8.10. The zero-order valence-corrected chi connectivity index (χ0v) is 26.2. The van der Waals surface area contributed by atoms with Crippen molar-refractivity contribution < 1.29 is 31.2 Å². The number of ketones is 2. The third-order valence-electron chi connectivity index (χ3n) is 6.26. The second-order valence-electron chi connectivity index (χ2n) is 9.68. The van der Waals surface area contributed by atoms with Gasteiger partial charge in [0.2, 0.25) is 11.6 Å². The first-order valence-corrected chi connectivity index (χ1v) is 15.1. The summed E-state index contributed by atoms with van der Waals surface area (Å²) in [7, 11) is -1.14. The van der Waals surface area contributed by atoms with Crippen LogP contribution in [0.25, 0.3) is 0 Å². The predicted molar refractivity (Wildman–Crippen MR) is 167 cm³/mol. The van der Waals surface area contributed by atoms with Crippen molar-refractivity contribution in [3.63, 3.8) is 0 Å². The molecule has 11 nitrogen and oxygen atoms in total. The molecule has 0 saturated heterocycles. The Kier molecular flexibility index (Phi) is 9.80. The number of hydrogen-bond donors (Lipinski definition) is 3. The first-order chi connectivity index (χ1) is 21.5. The molecule has 3 aromatic carbocycles. The van der Waals surface area contributed by atoms with Crippen molar-refractivity contribution >= 4 is 61.9 Å². The minimum absolute atomic E-state index is 0.0343. The quantitative estimate of drug-likeness (QED) is 0.146. The molecular formula is C29H24Cl2F3N7O4S. The Morgan fingerprint density at radius 2 is 1.26 bits per heavy atom. The fourth-order valence-electron chi connectivity index (χ4n) is 4.02. The lowest BCUT2D eigenvalue weighted by atomic mass is 10.1. The van der Waals surface area contributed by atoms with E-state index in [1.54, 1.807) is 49.2 Å². The number of nitrogens with one attached hydrogen (secondary N) is 1. The fourth-order valence-corrected chi connectivity index (χ4v) is 5.47. The van der Waals surface area contributed by atoms with Crippen LogP contribution in [0.2, 0.25) is 10.0 Å². The van der Waals surface area contributed by atoms with Crippen LogP contribution in [-0.4, -0.2) is 39.5 Å². The van der Waals surface area contributed by atoms with E-state index in [-0.39, 0.29) is 27.8 Å². The number of aromatic nitrogens is 4. The average Bonchev–Trinajstić information content (AvgIpc) is 3.62. The average molecular weight is 695 g/mol. The summed E-state index contributed by atoms with van der Waals surface area (Å²) in [4.78, 5) is 24.1. The van der Waals surface area contributed by atoms with Crippen molar-refractivity contribution in [2.24, 2.45) is 14.1 Å². The normalized spacial score (nSPS) is 11.5. The molecule has 240 valence electrons. The molecule has 0 amide bonds. The van der Waals surface area contributed by atoms with Gasteiger partial charge < -0.3 is 11.5 Å². The number of alkyl halides is 3. The van der Waals surface area contributed by atoms with Gasteiger partial charge in [0.1, 0.15) is 11.4 Å². The highest BCUT2D eigenvalue weighted by Crippen LogP contribution is 2.35. The molecule has 5 N–H and O–H groups in total. The van der Waals surface area contributed by atoms with Crippen LogP contribution >= 0.6 is 23.2 Å². The molecule has 0 unspecified atom stereocenters. The van der Waals surface area contributed by atoms with E-state index in [0.717, 1.165) is 12.1 Å². The lowest BCUT2D eigenvalue weighted by Crippen LogP contribution is -2.18. The largest absolute Gasteiger partial charge is 0.418 e. The van der Waals surface area contributed by atoms with Crippen molar-refractivity contribution in [2.45, 2.75) is 11.1 Å². The number of sulfonamides is 1. The van der Waals surface area contributed by atoms with E-state index in [2.05, 4.69) is 14.9 Å². The number of nitrogen functional groups attached to an aromatic ring is 2. The molecule has 0 aliphatic heterocycles. The van der Waals surface area contributed by atoms with Gasteiger partial charge in [-0.2, -0.15) is 23.4 Å². The summed E-state index contributed by atoms with van der Waals surface area (Å²) < 4.78 is 69.8. The monoisotopic (exact) mass is 693 g/mol. The van der Waals surface area contributed by atoms with Gasteiger partial charge in [0.25, 0.3) is 10.0 Å². The minimum atomic E-state index is -4.84. The minimum Gasteiger partial charge on any atom is -0.398 e. The van der Waals surface area contributed by atoms with Gasteiger partial charge in [-0.1, -0.05) is 23.2 Å². The van der Waals surface area contributed by atoms with Gasteiger partial charge in [0, 0.05) is 59.0 Å². The van der Waals surface area contributed by atoms with Gasteiger partial charge >= 0.3 is 6.18 Å². The van der Waals surface area contributed by atoms with Crippen LogP contribution in [-0.2, 0) is 30.3 Å². The van der Waals surface area contributed by atoms with Crippen LogP contribution in [0.15, 0.2) is 84.0 Å². The fraction of sp³-hybridized carbons (Fsp3) is 0.103. The summed E-state index contributed by atoms with van der Waals surface area (Å²) >= 11 is 11.8. The van der Waals surface area contributed by atoms with Crippen LogP contribution in [0.3, 0.4) is 0 Å². The molecular weight excluding hydrogens is 670 g/mol. The molecule has 0 atom stereocenters. The Morgan fingerprint density at radius 3 is 1.78 bits per heavy atom. The van der Waals surface area contributed by atoms with Crippen molar-refractivity contribution in [1.82, 2.24) is 19.6 Å². The standard InChI is InChI=1S/C18H14ClF3N4O3S.C11H10ClN3O/c1-26-7-6-16(24-26)17(27)12-8-10(19)2-5-15(12)25-30(28,29)11-3-4-14(23)13(9-11)18(20,21)22;1-15-5-4-10(14-15)11(16)8-6-7(12)2-3-9(8)13/h2-9,25H,23H2,1H3;2-6H,13H2,1H3. The van der Waals surface area contributed by atoms with E-state index in [0.29, 0.717) is 28.0 Å². The number of benzene rings is 3. The summed E-state index contributed by atoms with van der Waals surface area (Å²) in [6, 6.07) is 13.9. The Labute approximate surface area is 270 Å². The highest BCUT2D eigenvalue weighted by Gasteiger charge is 2.34. The number of carbonyl (C=O) groups is 2. The predicted octanol–water partition coefficient (Wildman–Crippen LogP) is 5.59. The molecule has 5 rings (SSSR count). The number of anilines is 3. The van der Waals surface area contributed by atoms with Crippen molar-refractivity contribution in [3.8, 4) is 0 Å². The van der Waals surface area contributed by atoms with Gasteiger partial charge in [-0.05, 0) is 66.7 Å². The maximum Gasteiger partial charge on any atom is 0.418 e. The third kappa shape index (κ3) is 7.85. The lowest BCUT2D eigenvalue weighted by Gasteiger charge is -2.15. The molecule has 0 aliphatic carbocycles. The van der Waals surface area contributed by atoms with E-state index in [4.69, 9.17) is 34.7 Å². The van der Waals surface area contributed by atoms with Crippen LogP contribution in [0.1, 0.15) is 37.7 Å². The molecule has 0 aliphatic rings. The second kappa shape index (κ2) is 13.2. The summed E-state index contributed by atoms with van der Waals surface area (Å²) in [6.45, 7) is 0. The Hall–Kier alpha value is -4.86. The number of carbonyl (C=O) groups excluding carboxylic acids is 2. The van der Waals surface area contributed by atoms with Crippen LogP contribution in [0, 0.1) is 0 Å². The molecule has 0 bridgehead atoms. The Balaban J connectivity index is 0.000000252. The molecule has 17 heteroatoms. The van der Waals surface area contributed by atoms with Gasteiger partial charge in [-0.15, -0.1) is 0 Å². The van der Waals surface area contributed by atoms with Gasteiger partial charge in [-0.25, -0.2) is 8.42 Å². The second-order valence-corrected chi connectivity index (χ2v) is 12.2. The van der Waals surface area contributed by atoms with Crippen molar-refractivity contribution in [2.75, 3.05) is 16.2 Å². The smallest absolute Gasteiger partial charge is 0.398 e. The van der Waals surface area contributed by atoms with Crippen molar-refractivity contribution in [1.29, 1.82) is 0 Å². The highest BCUT2D eigenvalue weighted by atomic mass is 35.5. The van der Waals surface area contributed by atoms with Gasteiger partial charge in [0.05, 0.1) is 16.1 Å². The zero-order chi connectivity index (χ0) is 34.0. The lowest BCUT2D eigenvalue weighted by molar-refractivity contribution is -0.137. The van der Waals surface area contributed by atoms with E-state index in [1.165, 1.54) is 35.1 Å². The molecule has 0 spiro atoms. The molecule has 0 fully saturated rings. The molecule has 2 aromatic heterocycles. The Morgan fingerprint density at radius 1 is 0.761 bits per heavy atom. The molecule has 5 aromatic rings. The molecule has 46 heavy (non-hydrogen) atoms. The number of hydrogen-bond acceptors (Lipinski definition) is 8. The number of rotatable bonds is 7. The molecule has 2 heterocycles. The van der Waals surface area contributed by atoms with Gasteiger partial charge in [-0.3, -0.25) is 23.7 Å². The summed E-state index contributed by atoms with van der Waals surface area (Å²) in [6.07, 6.45) is -1.61. The van der Waals surface area contributed by atoms with E-state index in [9.17, 15) is 31.2 Å². The summed E-state index contributed by atoms with van der Waals surface area (Å²) in [5, 5.41) is 8.63. The summed E-state index contributed by atoms with van der Waals surface area (Å²) in [5.41, 5.74) is 10.0. The van der Waals surface area contributed by atoms with E-state index < -0.39 is 38.1 Å². The number of nitrogens with zero attached hydrogens (tertiary/aromatic N) is 4. The van der Waals surface area contributed by atoms with Crippen LogP contribution in [0.4, 0.5) is 30.2 Å². The van der Waals surface area contributed by atoms with Crippen molar-refractivity contribution in [3.05, 3.63) is 117 Å². The number of halogens is 5. The first-order valence-electron chi connectivity index (χ1n) is 12.9. The topological polar surface area (TPSA) is 168 Å². The van der Waals surface area contributed by atoms with E-state index in [1.807, 2.05) is 0 Å². The van der Waals surface area contributed by atoms with E-state index >= 15 is 0 Å². The maximum absolute atomic E-state index is 13.1. The Bertz CT molecular complexity index is 2060. The highest BCUT2D eigenvalue weighted by molar-refractivity contribution is 7.92. The maximum atomic E-state index is 13.1. The number of nitrogens with two attached hydrogens (primary N) is 2. The van der Waals surface area contributed by atoms with Crippen LogP contribution in [0.5, 0.6) is 0 Å². The van der Waals surface area contributed by atoms with Gasteiger partial charge in [0.15, 0.2) is 0 Å². The zero-order valence-electron chi connectivity index (χ0n) is 23.9. The van der Waals surface area contributed by atoms with Crippen LogP contribution < -0.4 is 16.2 Å². The first kappa shape index (κ1) is 34.0. The number of aryl methyl sites for hydroxylation is 2. The molecule has 0 saturated carbocycles.